The van der Waals surface area contributed by atoms with Crippen molar-refractivity contribution in [1.82, 2.24) is 0 Å². The van der Waals surface area contributed by atoms with Crippen LogP contribution in [0, 0.1) is 0 Å². The summed E-state index contributed by atoms with van der Waals surface area (Å²) in [5, 5.41) is 3.65. The fraction of sp³-hybridized carbons (Fsp3) is 0.300. The Bertz CT molecular complexity index is 330. The zero-order valence-corrected chi connectivity index (χ0v) is 7.71. The maximum atomic E-state index is 10.2. The molecule has 1 aromatic carbocycles. The monoisotopic (exact) mass is 189 g/mol. The Kier molecular flexibility index (Phi) is 4.24. The van der Waals surface area contributed by atoms with Crippen molar-refractivity contribution >= 4 is 6.29 Å². The number of hydrogen-bond donors (Lipinski definition) is 0. The van der Waals surface area contributed by atoms with Gasteiger partial charge in [0.25, 0.3) is 0 Å². The van der Waals surface area contributed by atoms with Gasteiger partial charge in [0.15, 0.2) is 0 Å². The quantitative estimate of drug-likeness (QED) is 0.304. The number of azide groups is 1. The Balaban J connectivity index is 2.77. The van der Waals surface area contributed by atoms with Gasteiger partial charge in [-0.25, -0.2) is 0 Å². The number of rotatable bonds is 5. The van der Waals surface area contributed by atoms with Crippen LogP contribution in [0.2, 0.25) is 0 Å². The maximum absolute atomic E-state index is 10.2. The summed E-state index contributed by atoms with van der Waals surface area (Å²) in [6.45, 7) is 0. The molecule has 0 aliphatic heterocycles. The summed E-state index contributed by atoms with van der Waals surface area (Å²) < 4.78 is 0. The predicted octanol–water partition coefficient (Wildman–Crippen LogP) is 3.02. The van der Waals surface area contributed by atoms with E-state index in [1.807, 2.05) is 30.3 Å². The van der Waals surface area contributed by atoms with Gasteiger partial charge in [-0.15, -0.1) is 0 Å². The number of benzene rings is 1. The summed E-state index contributed by atoms with van der Waals surface area (Å²) in [6, 6.07) is 9.23. The van der Waals surface area contributed by atoms with Gasteiger partial charge in [0.2, 0.25) is 0 Å². The molecule has 0 spiro atoms. The van der Waals surface area contributed by atoms with Crippen molar-refractivity contribution in [3.63, 3.8) is 0 Å². The summed E-state index contributed by atoms with van der Waals surface area (Å²) >= 11 is 0. The highest BCUT2D eigenvalue weighted by atomic mass is 16.1. The lowest BCUT2D eigenvalue weighted by atomic mass is 10.0. The Morgan fingerprint density at radius 1 is 1.43 bits per heavy atom. The number of carbonyl (C=O) groups is 1. The van der Waals surface area contributed by atoms with E-state index in [0.717, 1.165) is 11.8 Å². The first kappa shape index (κ1) is 10.3. The number of nitrogens with zero attached hydrogens (tertiary/aromatic N) is 3. The molecule has 4 heteroatoms. The van der Waals surface area contributed by atoms with Crippen LogP contribution >= 0.6 is 0 Å². The predicted molar refractivity (Wildman–Crippen MR) is 53.6 cm³/mol. The molecule has 0 saturated carbocycles. The minimum absolute atomic E-state index is 0.230. The molecule has 1 unspecified atom stereocenters. The smallest absolute Gasteiger partial charge is 0.120 e. The molecule has 0 aromatic heterocycles. The van der Waals surface area contributed by atoms with Crippen LogP contribution < -0.4 is 0 Å². The van der Waals surface area contributed by atoms with Crippen LogP contribution in [0.25, 0.3) is 10.4 Å². The van der Waals surface area contributed by atoms with E-state index in [0.29, 0.717) is 12.8 Å². The molecule has 14 heavy (non-hydrogen) atoms. The van der Waals surface area contributed by atoms with E-state index < -0.39 is 0 Å². The summed E-state index contributed by atoms with van der Waals surface area (Å²) in [4.78, 5) is 13.0. The normalized spacial score (nSPS) is 11.4. The van der Waals surface area contributed by atoms with Gasteiger partial charge < -0.3 is 4.79 Å². The molecule has 4 nitrogen and oxygen atoms in total. The van der Waals surface area contributed by atoms with Crippen LogP contribution in [0.1, 0.15) is 24.4 Å². The van der Waals surface area contributed by atoms with E-state index in [4.69, 9.17) is 5.53 Å². The van der Waals surface area contributed by atoms with Crippen molar-refractivity contribution in [1.29, 1.82) is 0 Å². The van der Waals surface area contributed by atoms with Crippen LogP contribution in [-0.2, 0) is 4.79 Å². The van der Waals surface area contributed by atoms with Crippen molar-refractivity contribution in [3.05, 3.63) is 46.3 Å². The molecule has 0 heterocycles. The lowest BCUT2D eigenvalue weighted by Crippen LogP contribution is -1.94. The maximum Gasteiger partial charge on any atom is 0.120 e. The summed E-state index contributed by atoms with van der Waals surface area (Å²) in [5.41, 5.74) is 9.32. The topological polar surface area (TPSA) is 65.8 Å². The first-order valence-corrected chi connectivity index (χ1v) is 4.41. The van der Waals surface area contributed by atoms with Gasteiger partial charge in [-0.05, 0) is 17.5 Å². The summed E-state index contributed by atoms with van der Waals surface area (Å²) in [7, 11) is 0. The number of aldehydes is 1. The van der Waals surface area contributed by atoms with Gasteiger partial charge in [0.05, 0.1) is 6.04 Å². The molecule has 0 aliphatic carbocycles. The van der Waals surface area contributed by atoms with Gasteiger partial charge in [-0.3, -0.25) is 0 Å². The average Bonchev–Trinajstić information content (AvgIpc) is 2.25. The SMILES string of the molecule is [N-]=[N+]=NC(CCC=O)c1ccccc1. The van der Waals surface area contributed by atoms with Crippen molar-refractivity contribution in [2.75, 3.05) is 0 Å². The Morgan fingerprint density at radius 2 is 2.14 bits per heavy atom. The second-order valence-corrected chi connectivity index (χ2v) is 2.88. The van der Waals surface area contributed by atoms with Crippen molar-refractivity contribution in [2.45, 2.75) is 18.9 Å². The van der Waals surface area contributed by atoms with Crippen molar-refractivity contribution < 1.29 is 4.79 Å². The third-order valence-electron chi connectivity index (χ3n) is 1.93. The molecular weight excluding hydrogens is 178 g/mol. The van der Waals surface area contributed by atoms with E-state index in [1.54, 1.807) is 0 Å². The number of hydrogen-bond acceptors (Lipinski definition) is 2. The minimum Gasteiger partial charge on any atom is -0.303 e. The highest BCUT2D eigenvalue weighted by Gasteiger charge is 2.07. The van der Waals surface area contributed by atoms with Gasteiger partial charge in [0.1, 0.15) is 6.29 Å². The lowest BCUT2D eigenvalue weighted by Gasteiger charge is -2.08. The van der Waals surface area contributed by atoms with Gasteiger partial charge >= 0.3 is 0 Å². The zero-order valence-electron chi connectivity index (χ0n) is 7.71. The molecular formula is C10H11N3O. The van der Waals surface area contributed by atoms with E-state index in [2.05, 4.69) is 10.0 Å². The molecule has 0 radical (unpaired) electrons. The van der Waals surface area contributed by atoms with Crippen molar-refractivity contribution in [3.8, 4) is 0 Å². The third kappa shape index (κ3) is 2.92. The fourth-order valence-corrected chi connectivity index (χ4v) is 1.25. The first-order chi connectivity index (χ1) is 6.88. The van der Waals surface area contributed by atoms with Crippen LogP contribution in [0.3, 0.4) is 0 Å². The highest BCUT2D eigenvalue weighted by Crippen LogP contribution is 2.21. The van der Waals surface area contributed by atoms with Crippen LogP contribution in [-0.4, -0.2) is 6.29 Å². The van der Waals surface area contributed by atoms with E-state index >= 15 is 0 Å². The Labute approximate surface area is 82.2 Å². The molecule has 72 valence electrons. The first-order valence-electron chi connectivity index (χ1n) is 4.41. The average molecular weight is 189 g/mol. The number of carbonyl (C=O) groups excluding carboxylic acids is 1. The molecule has 0 N–H and O–H groups in total. The highest BCUT2D eigenvalue weighted by molar-refractivity contribution is 5.49. The third-order valence-corrected chi connectivity index (χ3v) is 1.93. The molecule has 0 amide bonds. The molecule has 1 rings (SSSR count). The van der Waals surface area contributed by atoms with Crippen LogP contribution in [0.15, 0.2) is 35.4 Å². The van der Waals surface area contributed by atoms with Crippen molar-refractivity contribution in [2.24, 2.45) is 5.11 Å². The fourth-order valence-electron chi connectivity index (χ4n) is 1.25. The Hall–Kier alpha value is -1.80. The van der Waals surface area contributed by atoms with E-state index in [9.17, 15) is 4.79 Å². The van der Waals surface area contributed by atoms with Gasteiger partial charge in [-0.1, -0.05) is 35.4 Å². The zero-order chi connectivity index (χ0) is 10.2. The molecule has 0 bridgehead atoms. The summed E-state index contributed by atoms with van der Waals surface area (Å²) in [5.74, 6) is 0. The lowest BCUT2D eigenvalue weighted by molar-refractivity contribution is -0.108. The largest absolute Gasteiger partial charge is 0.303 e. The summed E-state index contributed by atoms with van der Waals surface area (Å²) in [6.07, 6.45) is 1.82. The standard InChI is InChI=1S/C10H11N3O/c11-13-12-10(7-4-8-14)9-5-2-1-3-6-9/h1-3,5-6,8,10H,4,7H2. The molecule has 0 aliphatic rings. The van der Waals surface area contributed by atoms with E-state index in [1.165, 1.54) is 0 Å². The van der Waals surface area contributed by atoms with Gasteiger partial charge in [-0.2, -0.15) is 0 Å². The molecule has 1 atom stereocenters. The minimum atomic E-state index is -0.230. The molecule has 0 saturated heterocycles. The second kappa shape index (κ2) is 5.78. The molecule has 0 fully saturated rings. The second-order valence-electron chi connectivity index (χ2n) is 2.88. The molecule has 1 aromatic rings. The van der Waals surface area contributed by atoms with E-state index in [-0.39, 0.29) is 6.04 Å². The van der Waals surface area contributed by atoms with Crippen LogP contribution in [0.5, 0.6) is 0 Å². The Morgan fingerprint density at radius 3 is 2.71 bits per heavy atom. The van der Waals surface area contributed by atoms with Crippen LogP contribution in [0.4, 0.5) is 0 Å². The van der Waals surface area contributed by atoms with Gasteiger partial charge in [0, 0.05) is 11.3 Å².